The summed E-state index contributed by atoms with van der Waals surface area (Å²) in [6.07, 6.45) is 0.794. The van der Waals surface area contributed by atoms with Crippen LogP contribution in [0.5, 0.6) is 11.5 Å². The highest BCUT2D eigenvalue weighted by molar-refractivity contribution is 7.91. The number of carbonyl (C=O) groups is 1. The first-order chi connectivity index (χ1) is 12.4. The van der Waals surface area contributed by atoms with Crippen LogP contribution < -0.4 is 19.1 Å². The van der Waals surface area contributed by atoms with Crippen molar-refractivity contribution in [1.82, 2.24) is 4.72 Å². The van der Waals surface area contributed by atoms with Crippen molar-refractivity contribution in [2.45, 2.75) is 24.5 Å². The van der Waals surface area contributed by atoms with Crippen LogP contribution in [0.1, 0.15) is 18.7 Å². The number of hydrogen-bond acceptors (Lipinski definition) is 6. The van der Waals surface area contributed by atoms with Crippen molar-refractivity contribution in [2.75, 3.05) is 24.8 Å². The van der Waals surface area contributed by atoms with Crippen molar-refractivity contribution in [1.29, 1.82) is 0 Å². The molecule has 3 rings (SSSR count). The Bertz CT molecular complexity index is 908. The van der Waals surface area contributed by atoms with Crippen molar-refractivity contribution in [3.05, 3.63) is 35.2 Å². The molecule has 1 N–H and O–H groups in total. The second-order valence-corrected chi connectivity index (χ2v) is 8.84. The van der Waals surface area contributed by atoms with Gasteiger partial charge in [-0.1, -0.05) is 6.92 Å². The molecule has 7 nitrogen and oxygen atoms in total. The van der Waals surface area contributed by atoms with Crippen molar-refractivity contribution in [2.24, 2.45) is 0 Å². The summed E-state index contributed by atoms with van der Waals surface area (Å²) in [5.41, 5.74) is 0.630. The fourth-order valence-electron chi connectivity index (χ4n) is 2.58. The van der Waals surface area contributed by atoms with E-state index in [1.807, 2.05) is 13.0 Å². The normalized spacial score (nSPS) is 13.0. The third kappa shape index (κ3) is 4.00. The van der Waals surface area contributed by atoms with Gasteiger partial charge in [-0.2, -0.15) is 0 Å². The van der Waals surface area contributed by atoms with Crippen LogP contribution in [0.4, 0.5) is 5.69 Å². The van der Waals surface area contributed by atoms with Crippen LogP contribution in [0.15, 0.2) is 34.5 Å². The van der Waals surface area contributed by atoms with E-state index in [1.54, 1.807) is 24.3 Å². The molecule has 140 valence electrons. The van der Waals surface area contributed by atoms with Gasteiger partial charge in [0.25, 0.3) is 0 Å². The molecule has 9 heteroatoms. The van der Waals surface area contributed by atoms with Gasteiger partial charge in [-0.15, -0.1) is 11.3 Å². The third-order valence-electron chi connectivity index (χ3n) is 3.93. The number of aryl methyl sites for hydroxylation is 1. The zero-order valence-corrected chi connectivity index (χ0v) is 16.2. The maximum absolute atomic E-state index is 12.4. The Kier molecular flexibility index (Phi) is 5.49. The first kappa shape index (κ1) is 18.7. The van der Waals surface area contributed by atoms with E-state index in [0.29, 0.717) is 17.2 Å². The summed E-state index contributed by atoms with van der Waals surface area (Å²) in [6, 6.07) is 8.61. The predicted molar refractivity (Wildman–Crippen MR) is 99.5 cm³/mol. The molecule has 0 saturated carbocycles. The van der Waals surface area contributed by atoms with E-state index in [-0.39, 0.29) is 30.0 Å². The summed E-state index contributed by atoms with van der Waals surface area (Å²) < 4.78 is 38.2. The van der Waals surface area contributed by atoms with Gasteiger partial charge in [0.15, 0.2) is 11.5 Å². The number of fused-ring (bicyclic) bond motifs is 1. The molecule has 1 aromatic heterocycles. The van der Waals surface area contributed by atoms with Crippen molar-refractivity contribution >= 4 is 33.0 Å². The second kappa shape index (κ2) is 7.65. The van der Waals surface area contributed by atoms with Crippen LogP contribution in [0, 0.1) is 0 Å². The lowest BCUT2D eigenvalue weighted by molar-refractivity contribution is -0.116. The lowest BCUT2D eigenvalue weighted by Gasteiger charge is -2.21. The summed E-state index contributed by atoms with van der Waals surface area (Å²) in [7, 11) is -3.58. The van der Waals surface area contributed by atoms with Crippen molar-refractivity contribution in [3.8, 4) is 11.5 Å². The number of sulfonamides is 1. The Hall–Kier alpha value is -2.10. The number of hydrogen-bond donors (Lipinski definition) is 1. The standard InChI is InChI=1S/C17H20N2O5S2/c1-3-14-5-7-17(25-14)26(21,22)18-8-9-19(12(2)20)13-4-6-15-16(10-13)24-11-23-15/h4-7,10,18H,3,8-9,11H2,1-2H3. The van der Waals surface area contributed by atoms with E-state index >= 15 is 0 Å². The summed E-state index contributed by atoms with van der Waals surface area (Å²) in [5.74, 6) is 1.01. The summed E-state index contributed by atoms with van der Waals surface area (Å²) in [6.45, 7) is 3.88. The van der Waals surface area contributed by atoms with Gasteiger partial charge in [-0.25, -0.2) is 13.1 Å². The summed E-state index contributed by atoms with van der Waals surface area (Å²) in [4.78, 5) is 14.5. The average molecular weight is 396 g/mol. The van der Waals surface area contributed by atoms with Crippen molar-refractivity contribution in [3.63, 3.8) is 0 Å². The highest BCUT2D eigenvalue weighted by atomic mass is 32.2. The molecule has 0 aliphatic carbocycles. The van der Waals surface area contributed by atoms with Gasteiger partial charge in [0.05, 0.1) is 0 Å². The van der Waals surface area contributed by atoms with Crippen LogP contribution in [0.3, 0.4) is 0 Å². The Balaban J connectivity index is 1.67. The third-order valence-corrected chi connectivity index (χ3v) is 7.11. The molecule has 0 atom stereocenters. The molecule has 0 saturated heterocycles. The van der Waals surface area contributed by atoms with Gasteiger partial charge < -0.3 is 14.4 Å². The summed E-state index contributed by atoms with van der Waals surface area (Å²) in [5, 5.41) is 0. The van der Waals surface area contributed by atoms with Crippen molar-refractivity contribution < 1.29 is 22.7 Å². The quantitative estimate of drug-likeness (QED) is 0.777. The maximum Gasteiger partial charge on any atom is 0.250 e. The van der Waals surface area contributed by atoms with E-state index < -0.39 is 10.0 Å². The van der Waals surface area contributed by atoms with Gasteiger partial charge in [0.2, 0.25) is 22.7 Å². The minimum Gasteiger partial charge on any atom is -0.454 e. The lowest BCUT2D eigenvalue weighted by Crippen LogP contribution is -2.37. The Morgan fingerprint density at radius 1 is 1.23 bits per heavy atom. The molecule has 1 aromatic carbocycles. The average Bonchev–Trinajstić information content (AvgIpc) is 3.26. The number of carbonyl (C=O) groups excluding carboxylic acids is 1. The van der Waals surface area contributed by atoms with Crippen LogP contribution >= 0.6 is 11.3 Å². The number of nitrogens with one attached hydrogen (secondary N) is 1. The SMILES string of the molecule is CCc1ccc(S(=O)(=O)NCCN(C(C)=O)c2ccc3c(c2)OCO3)s1. The molecule has 0 radical (unpaired) electrons. The van der Waals surface area contributed by atoms with E-state index in [4.69, 9.17) is 9.47 Å². The molecular formula is C17H20N2O5S2. The van der Waals surface area contributed by atoms with Gasteiger partial charge in [0.1, 0.15) is 4.21 Å². The number of anilines is 1. The van der Waals surface area contributed by atoms with Gasteiger partial charge >= 0.3 is 0 Å². The first-order valence-electron chi connectivity index (χ1n) is 8.17. The number of amides is 1. The smallest absolute Gasteiger partial charge is 0.250 e. The molecule has 1 amide bonds. The zero-order chi connectivity index (χ0) is 18.7. The summed E-state index contributed by atoms with van der Waals surface area (Å²) >= 11 is 1.25. The molecule has 0 unspecified atom stereocenters. The van der Waals surface area contributed by atoms with Crippen LogP contribution in [0.2, 0.25) is 0 Å². The Labute approximate surface area is 156 Å². The highest BCUT2D eigenvalue weighted by Gasteiger charge is 2.20. The number of ether oxygens (including phenoxy) is 2. The minimum absolute atomic E-state index is 0.107. The molecule has 2 aromatic rings. The highest BCUT2D eigenvalue weighted by Crippen LogP contribution is 2.35. The molecule has 26 heavy (non-hydrogen) atoms. The Morgan fingerprint density at radius 3 is 2.69 bits per heavy atom. The van der Waals surface area contributed by atoms with Gasteiger partial charge in [0, 0.05) is 36.6 Å². The molecule has 0 fully saturated rings. The molecule has 0 bridgehead atoms. The molecule has 1 aliphatic rings. The fraction of sp³-hybridized carbons (Fsp3) is 0.353. The number of benzene rings is 1. The van der Waals surface area contributed by atoms with Gasteiger partial charge in [-0.3, -0.25) is 4.79 Å². The van der Waals surface area contributed by atoms with E-state index in [2.05, 4.69) is 4.72 Å². The fourth-order valence-corrected chi connectivity index (χ4v) is 4.94. The van der Waals surface area contributed by atoms with Crippen LogP contribution in [-0.4, -0.2) is 34.2 Å². The van der Waals surface area contributed by atoms with E-state index in [1.165, 1.54) is 23.2 Å². The molecule has 1 aliphatic heterocycles. The van der Waals surface area contributed by atoms with Gasteiger partial charge in [-0.05, 0) is 30.7 Å². The number of rotatable bonds is 7. The monoisotopic (exact) mass is 396 g/mol. The topological polar surface area (TPSA) is 84.9 Å². The number of thiophene rings is 1. The first-order valence-corrected chi connectivity index (χ1v) is 10.5. The predicted octanol–water partition coefficient (Wildman–Crippen LogP) is 2.37. The molecule has 0 spiro atoms. The van der Waals surface area contributed by atoms with Crippen LogP contribution in [0.25, 0.3) is 0 Å². The molecular weight excluding hydrogens is 376 g/mol. The van der Waals surface area contributed by atoms with E-state index in [0.717, 1.165) is 11.3 Å². The number of nitrogens with zero attached hydrogens (tertiary/aromatic N) is 1. The minimum atomic E-state index is -3.58. The Morgan fingerprint density at radius 2 is 2.00 bits per heavy atom. The van der Waals surface area contributed by atoms with Crippen LogP contribution in [-0.2, 0) is 21.2 Å². The zero-order valence-electron chi connectivity index (χ0n) is 14.5. The second-order valence-electron chi connectivity index (χ2n) is 5.68. The molecule has 2 heterocycles. The maximum atomic E-state index is 12.4. The largest absolute Gasteiger partial charge is 0.454 e. The van der Waals surface area contributed by atoms with E-state index in [9.17, 15) is 13.2 Å². The lowest BCUT2D eigenvalue weighted by atomic mass is 10.2.